The van der Waals surface area contributed by atoms with E-state index in [1.54, 1.807) is 24.3 Å². The molecule has 5 heteroatoms. The molecule has 0 aliphatic heterocycles. The normalized spacial score (nSPS) is 10.5. The summed E-state index contributed by atoms with van der Waals surface area (Å²) in [5.74, 6) is -0.429. The largest absolute Gasteiger partial charge is 0.514 e. The van der Waals surface area contributed by atoms with Crippen molar-refractivity contribution in [3.8, 4) is 0 Å². The Kier molecular flexibility index (Phi) is 5.88. The Balaban J connectivity index is 2.81. The van der Waals surface area contributed by atoms with Crippen LogP contribution in [0.3, 0.4) is 0 Å². The van der Waals surface area contributed by atoms with Gasteiger partial charge in [-0.05, 0) is 0 Å². The molecule has 0 bridgehead atoms. The molecule has 0 aliphatic carbocycles. The van der Waals surface area contributed by atoms with Gasteiger partial charge in [-0.15, -0.1) is 0 Å². The summed E-state index contributed by atoms with van der Waals surface area (Å²) in [4.78, 5) is 22.1. The summed E-state index contributed by atoms with van der Waals surface area (Å²) in [6.07, 6.45) is 1.58. The molecule has 5 nitrogen and oxygen atoms in total. The van der Waals surface area contributed by atoms with Crippen LogP contribution in [0.4, 0.5) is 4.79 Å². The highest BCUT2D eigenvalue weighted by Gasteiger charge is 2.11. The van der Waals surface area contributed by atoms with Crippen molar-refractivity contribution in [3.63, 3.8) is 0 Å². The standard InChI is InChI=1S/C14H14O5/c1-3-9-17-14(16)19-13(10-18-11(2)15)12-7-5-4-6-8-12/h3-8,10H,1,9H2,2H3/b13-10+. The fraction of sp³-hybridized carbons (Fsp3) is 0.143. The van der Waals surface area contributed by atoms with Crippen LogP contribution >= 0.6 is 0 Å². The van der Waals surface area contributed by atoms with Crippen LogP contribution in [0.25, 0.3) is 5.76 Å². The van der Waals surface area contributed by atoms with Crippen LogP contribution in [-0.4, -0.2) is 18.7 Å². The molecule has 0 aliphatic rings. The summed E-state index contributed by atoms with van der Waals surface area (Å²) in [5.41, 5.74) is 0.583. The Hall–Kier alpha value is -2.56. The summed E-state index contributed by atoms with van der Waals surface area (Å²) in [6.45, 7) is 4.69. The van der Waals surface area contributed by atoms with Crippen LogP contribution in [0.5, 0.6) is 0 Å². The molecule has 0 spiro atoms. The van der Waals surface area contributed by atoms with Gasteiger partial charge in [-0.1, -0.05) is 43.0 Å². The van der Waals surface area contributed by atoms with Crippen molar-refractivity contribution in [2.45, 2.75) is 6.92 Å². The minimum Gasteiger partial charge on any atom is -0.431 e. The number of carbonyl (C=O) groups excluding carboxylic acids is 2. The van der Waals surface area contributed by atoms with E-state index >= 15 is 0 Å². The number of rotatable bonds is 5. The lowest BCUT2D eigenvalue weighted by Gasteiger charge is -2.08. The Bertz CT molecular complexity index is 476. The average Bonchev–Trinajstić information content (AvgIpc) is 2.42. The fourth-order valence-corrected chi connectivity index (χ4v) is 1.14. The summed E-state index contributed by atoms with van der Waals surface area (Å²) < 4.78 is 14.4. The van der Waals surface area contributed by atoms with Gasteiger partial charge in [-0.25, -0.2) is 4.79 Å². The van der Waals surface area contributed by atoms with E-state index in [1.807, 2.05) is 6.07 Å². The molecule has 19 heavy (non-hydrogen) atoms. The predicted octanol–water partition coefficient (Wildman–Crippen LogP) is 2.89. The fourth-order valence-electron chi connectivity index (χ4n) is 1.14. The van der Waals surface area contributed by atoms with Gasteiger partial charge < -0.3 is 14.2 Å². The molecule has 0 amide bonds. The second-order valence-electron chi connectivity index (χ2n) is 3.41. The SMILES string of the molecule is C=CCOC(=O)O/C(=C/OC(C)=O)c1ccccc1. The zero-order chi connectivity index (χ0) is 14.1. The number of carbonyl (C=O) groups is 2. The monoisotopic (exact) mass is 262 g/mol. The highest BCUT2D eigenvalue weighted by molar-refractivity contribution is 5.74. The quantitative estimate of drug-likeness (QED) is 0.464. The average molecular weight is 262 g/mol. The van der Waals surface area contributed by atoms with Crippen molar-refractivity contribution in [2.75, 3.05) is 6.61 Å². The minimum absolute atomic E-state index is 0.0362. The van der Waals surface area contributed by atoms with Crippen LogP contribution in [0.15, 0.2) is 49.2 Å². The molecule has 0 atom stereocenters. The van der Waals surface area contributed by atoms with Crippen LogP contribution in [0.1, 0.15) is 12.5 Å². The van der Waals surface area contributed by atoms with Gasteiger partial charge in [0.2, 0.25) is 0 Å². The molecule has 0 heterocycles. The van der Waals surface area contributed by atoms with Crippen LogP contribution in [0.2, 0.25) is 0 Å². The molecular formula is C14H14O5. The maximum absolute atomic E-state index is 11.4. The Labute approximate surface area is 111 Å². The maximum Gasteiger partial charge on any atom is 0.514 e. The first-order valence-electron chi connectivity index (χ1n) is 5.51. The van der Waals surface area contributed by atoms with E-state index in [4.69, 9.17) is 9.47 Å². The third-order valence-corrected chi connectivity index (χ3v) is 1.90. The van der Waals surface area contributed by atoms with E-state index in [9.17, 15) is 9.59 Å². The lowest BCUT2D eigenvalue weighted by molar-refractivity contribution is -0.135. The highest BCUT2D eigenvalue weighted by atomic mass is 16.7. The smallest absolute Gasteiger partial charge is 0.431 e. The molecule has 0 unspecified atom stereocenters. The van der Waals surface area contributed by atoms with E-state index in [-0.39, 0.29) is 12.4 Å². The molecule has 0 aromatic heterocycles. The van der Waals surface area contributed by atoms with E-state index in [0.29, 0.717) is 5.56 Å². The first kappa shape index (κ1) is 14.5. The van der Waals surface area contributed by atoms with E-state index < -0.39 is 12.1 Å². The number of hydrogen-bond acceptors (Lipinski definition) is 5. The molecule has 0 fully saturated rings. The van der Waals surface area contributed by atoms with Gasteiger partial charge in [-0.2, -0.15) is 0 Å². The van der Waals surface area contributed by atoms with Crippen LogP contribution in [-0.2, 0) is 19.0 Å². The van der Waals surface area contributed by atoms with Crippen molar-refractivity contribution < 1.29 is 23.8 Å². The topological polar surface area (TPSA) is 61.8 Å². The zero-order valence-corrected chi connectivity index (χ0v) is 10.5. The minimum atomic E-state index is -0.901. The lowest BCUT2D eigenvalue weighted by Crippen LogP contribution is -2.07. The first-order chi connectivity index (χ1) is 9.13. The Morgan fingerprint density at radius 3 is 2.53 bits per heavy atom. The molecule has 100 valence electrons. The predicted molar refractivity (Wildman–Crippen MR) is 68.8 cm³/mol. The van der Waals surface area contributed by atoms with Crippen molar-refractivity contribution in [1.82, 2.24) is 0 Å². The Morgan fingerprint density at radius 2 is 1.95 bits per heavy atom. The zero-order valence-electron chi connectivity index (χ0n) is 10.5. The van der Waals surface area contributed by atoms with Crippen molar-refractivity contribution in [2.24, 2.45) is 0 Å². The van der Waals surface area contributed by atoms with Crippen molar-refractivity contribution in [3.05, 3.63) is 54.8 Å². The summed E-state index contributed by atoms with van der Waals surface area (Å²) in [7, 11) is 0. The van der Waals surface area contributed by atoms with Crippen LogP contribution < -0.4 is 0 Å². The second kappa shape index (κ2) is 7.71. The number of benzene rings is 1. The van der Waals surface area contributed by atoms with Crippen molar-refractivity contribution in [1.29, 1.82) is 0 Å². The molecule has 0 saturated heterocycles. The summed E-state index contributed by atoms with van der Waals surface area (Å²) in [6, 6.07) is 8.74. The third-order valence-electron chi connectivity index (χ3n) is 1.90. The Morgan fingerprint density at radius 1 is 1.26 bits per heavy atom. The van der Waals surface area contributed by atoms with Gasteiger partial charge in [0.25, 0.3) is 0 Å². The second-order valence-corrected chi connectivity index (χ2v) is 3.41. The first-order valence-corrected chi connectivity index (χ1v) is 5.51. The van der Waals surface area contributed by atoms with Gasteiger partial charge in [0, 0.05) is 12.5 Å². The summed E-state index contributed by atoms with van der Waals surface area (Å²) in [5, 5.41) is 0. The molecule has 1 aromatic rings. The van der Waals surface area contributed by atoms with Gasteiger partial charge >= 0.3 is 12.1 Å². The molecule has 0 N–H and O–H groups in total. The number of esters is 1. The van der Waals surface area contributed by atoms with Crippen molar-refractivity contribution >= 4 is 17.9 Å². The molecular weight excluding hydrogens is 248 g/mol. The molecule has 0 saturated carbocycles. The van der Waals surface area contributed by atoms with Gasteiger partial charge in [-0.3, -0.25) is 4.79 Å². The van der Waals surface area contributed by atoms with E-state index in [0.717, 1.165) is 6.26 Å². The number of hydrogen-bond donors (Lipinski definition) is 0. The maximum atomic E-state index is 11.4. The highest BCUT2D eigenvalue weighted by Crippen LogP contribution is 2.16. The summed E-state index contributed by atoms with van der Waals surface area (Å²) >= 11 is 0. The van der Waals surface area contributed by atoms with E-state index in [2.05, 4.69) is 11.3 Å². The molecule has 0 radical (unpaired) electrons. The molecule has 1 aromatic carbocycles. The van der Waals surface area contributed by atoms with Gasteiger partial charge in [0.05, 0.1) is 0 Å². The third kappa shape index (κ3) is 5.54. The lowest BCUT2D eigenvalue weighted by atomic mass is 10.2. The van der Waals surface area contributed by atoms with E-state index in [1.165, 1.54) is 13.0 Å². The van der Waals surface area contributed by atoms with Gasteiger partial charge in [0.15, 0.2) is 5.76 Å². The molecule has 1 rings (SSSR count). The number of ether oxygens (including phenoxy) is 3. The van der Waals surface area contributed by atoms with Crippen LogP contribution in [0, 0.1) is 0 Å². The van der Waals surface area contributed by atoms with Gasteiger partial charge in [0.1, 0.15) is 12.9 Å².